The Bertz CT molecular complexity index is 177. The molecule has 1 aliphatic heterocycles. The van der Waals surface area contributed by atoms with E-state index in [1.807, 2.05) is 0 Å². The van der Waals surface area contributed by atoms with Gasteiger partial charge in [0.15, 0.2) is 0 Å². The summed E-state index contributed by atoms with van der Waals surface area (Å²) in [6.07, 6.45) is 1.48. The molecule has 5 heteroatoms. The zero-order valence-electron chi connectivity index (χ0n) is 10.6. The lowest BCUT2D eigenvalue weighted by atomic mass is 10.2. The fraction of sp³-hybridized carbons (Fsp3) is 1.00. The maximum atomic E-state index is 5.60. The van der Waals surface area contributed by atoms with E-state index in [0.717, 1.165) is 39.3 Å². The third-order valence-corrected chi connectivity index (χ3v) is 3.12. The van der Waals surface area contributed by atoms with E-state index in [-0.39, 0.29) is 6.10 Å². The maximum absolute atomic E-state index is 5.60. The molecule has 0 aromatic carbocycles. The van der Waals surface area contributed by atoms with Gasteiger partial charge < -0.3 is 9.64 Å². The fourth-order valence-electron chi connectivity index (χ4n) is 1.96. The Balaban J connectivity index is 2.11. The van der Waals surface area contributed by atoms with Crippen LogP contribution in [-0.2, 0) is 4.74 Å². The van der Waals surface area contributed by atoms with Crippen LogP contribution in [0, 0.1) is 0 Å². The van der Waals surface area contributed by atoms with Crippen molar-refractivity contribution in [3.05, 3.63) is 0 Å². The number of ether oxygens (including phenoxy) is 1. The Morgan fingerprint density at radius 1 is 1.56 bits per heavy atom. The van der Waals surface area contributed by atoms with E-state index in [4.69, 9.17) is 10.6 Å². The first-order chi connectivity index (χ1) is 7.76. The molecule has 0 amide bonds. The standard InChI is InChI=1S/C11H26N4O/c1-3-14(2)5-4-6-15-7-8-16-11(10-15)9-13-12/h11,13H,3-10,12H2,1-2H3. The van der Waals surface area contributed by atoms with E-state index in [9.17, 15) is 0 Å². The minimum Gasteiger partial charge on any atom is -0.374 e. The van der Waals surface area contributed by atoms with Crippen LogP contribution in [0.2, 0.25) is 0 Å². The predicted molar refractivity (Wildman–Crippen MR) is 66.2 cm³/mol. The number of rotatable bonds is 7. The van der Waals surface area contributed by atoms with E-state index in [1.165, 1.54) is 13.0 Å². The number of morpholine rings is 1. The number of hydrogen-bond acceptors (Lipinski definition) is 5. The second kappa shape index (κ2) is 7.97. The molecule has 0 saturated carbocycles. The van der Waals surface area contributed by atoms with Crippen LogP contribution in [0.3, 0.4) is 0 Å². The third kappa shape index (κ3) is 5.23. The molecule has 16 heavy (non-hydrogen) atoms. The van der Waals surface area contributed by atoms with Gasteiger partial charge in [0.1, 0.15) is 0 Å². The van der Waals surface area contributed by atoms with Gasteiger partial charge in [-0.2, -0.15) is 0 Å². The highest BCUT2D eigenvalue weighted by molar-refractivity contribution is 4.72. The predicted octanol–water partition coefficient (Wildman–Crippen LogP) is -0.508. The molecule has 0 spiro atoms. The molecular weight excluding hydrogens is 204 g/mol. The van der Waals surface area contributed by atoms with E-state index < -0.39 is 0 Å². The summed E-state index contributed by atoms with van der Waals surface area (Å²) >= 11 is 0. The SMILES string of the molecule is CCN(C)CCCN1CCOC(CNN)C1. The fourth-order valence-corrected chi connectivity index (χ4v) is 1.96. The van der Waals surface area contributed by atoms with Crippen LogP contribution in [0.1, 0.15) is 13.3 Å². The summed E-state index contributed by atoms with van der Waals surface area (Å²) < 4.78 is 5.60. The molecule has 96 valence electrons. The summed E-state index contributed by atoms with van der Waals surface area (Å²) in [7, 11) is 2.17. The minimum atomic E-state index is 0.252. The van der Waals surface area contributed by atoms with Crippen molar-refractivity contribution in [1.82, 2.24) is 15.2 Å². The van der Waals surface area contributed by atoms with Crippen molar-refractivity contribution in [1.29, 1.82) is 0 Å². The van der Waals surface area contributed by atoms with Gasteiger partial charge in [0, 0.05) is 19.6 Å². The molecular formula is C11H26N4O. The monoisotopic (exact) mass is 230 g/mol. The average molecular weight is 230 g/mol. The van der Waals surface area contributed by atoms with Gasteiger partial charge >= 0.3 is 0 Å². The van der Waals surface area contributed by atoms with Crippen molar-refractivity contribution < 1.29 is 4.74 Å². The van der Waals surface area contributed by atoms with Crippen molar-refractivity contribution in [2.75, 3.05) is 52.9 Å². The number of hydrazine groups is 1. The molecule has 0 bridgehead atoms. The smallest absolute Gasteiger partial charge is 0.0840 e. The van der Waals surface area contributed by atoms with Gasteiger partial charge in [0.05, 0.1) is 12.7 Å². The van der Waals surface area contributed by atoms with Crippen LogP contribution in [-0.4, -0.2) is 68.8 Å². The summed E-state index contributed by atoms with van der Waals surface area (Å²) in [5, 5.41) is 0. The lowest BCUT2D eigenvalue weighted by Crippen LogP contribution is -2.48. The Morgan fingerprint density at radius 2 is 2.38 bits per heavy atom. The lowest BCUT2D eigenvalue weighted by Gasteiger charge is -2.33. The number of nitrogens with two attached hydrogens (primary N) is 1. The third-order valence-electron chi connectivity index (χ3n) is 3.12. The molecule has 1 rings (SSSR count). The van der Waals surface area contributed by atoms with Gasteiger partial charge in [-0.15, -0.1) is 0 Å². The van der Waals surface area contributed by atoms with Crippen LogP contribution >= 0.6 is 0 Å². The van der Waals surface area contributed by atoms with Crippen LogP contribution in [0.4, 0.5) is 0 Å². The molecule has 0 radical (unpaired) electrons. The molecule has 0 aromatic heterocycles. The molecule has 1 fully saturated rings. The van der Waals surface area contributed by atoms with Crippen LogP contribution in [0.15, 0.2) is 0 Å². The topological polar surface area (TPSA) is 53.8 Å². The molecule has 1 atom stereocenters. The van der Waals surface area contributed by atoms with Crippen molar-refractivity contribution in [2.45, 2.75) is 19.4 Å². The lowest BCUT2D eigenvalue weighted by molar-refractivity contribution is -0.0276. The van der Waals surface area contributed by atoms with Gasteiger partial charge in [0.25, 0.3) is 0 Å². The summed E-state index contributed by atoms with van der Waals surface area (Å²) in [6, 6.07) is 0. The zero-order valence-corrected chi connectivity index (χ0v) is 10.6. The first-order valence-electron chi connectivity index (χ1n) is 6.22. The van der Waals surface area contributed by atoms with Crippen LogP contribution in [0.25, 0.3) is 0 Å². The first-order valence-corrected chi connectivity index (χ1v) is 6.22. The molecule has 0 aliphatic carbocycles. The molecule has 1 saturated heterocycles. The Kier molecular flexibility index (Phi) is 6.91. The van der Waals surface area contributed by atoms with Crippen molar-refractivity contribution in [3.8, 4) is 0 Å². The number of nitrogens with one attached hydrogen (secondary N) is 1. The Labute approximate surface area is 98.9 Å². The van der Waals surface area contributed by atoms with Crippen LogP contribution in [0.5, 0.6) is 0 Å². The Morgan fingerprint density at radius 3 is 3.06 bits per heavy atom. The van der Waals surface area contributed by atoms with Crippen molar-refractivity contribution >= 4 is 0 Å². The number of nitrogens with zero attached hydrogens (tertiary/aromatic N) is 2. The highest BCUT2D eigenvalue weighted by atomic mass is 16.5. The van der Waals surface area contributed by atoms with Crippen LogP contribution < -0.4 is 11.3 Å². The molecule has 3 N–H and O–H groups in total. The van der Waals surface area contributed by atoms with E-state index in [2.05, 4.69) is 29.2 Å². The summed E-state index contributed by atoms with van der Waals surface area (Å²) in [5.41, 5.74) is 2.68. The maximum Gasteiger partial charge on any atom is 0.0840 e. The van der Waals surface area contributed by atoms with Gasteiger partial charge in [-0.05, 0) is 33.1 Å². The quantitative estimate of drug-likeness (QED) is 0.456. The van der Waals surface area contributed by atoms with Gasteiger partial charge in [-0.25, -0.2) is 0 Å². The summed E-state index contributed by atoms with van der Waals surface area (Å²) in [6.45, 7) is 9.28. The molecule has 1 heterocycles. The molecule has 0 aromatic rings. The highest BCUT2D eigenvalue weighted by Crippen LogP contribution is 2.05. The molecule has 1 unspecified atom stereocenters. The van der Waals surface area contributed by atoms with E-state index >= 15 is 0 Å². The summed E-state index contributed by atoms with van der Waals surface area (Å²) in [4.78, 5) is 4.81. The number of hydrogen-bond donors (Lipinski definition) is 2. The van der Waals surface area contributed by atoms with Crippen molar-refractivity contribution in [3.63, 3.8) is 0 Å². The largest absolute Gasteiger partial charge is 0.374 e. The normalized spacial score (nSPS) is 22.9. The average Bonchev–Trinajstić information content (AvgIpc) is 2.30. The second-order valence-corrected chi connectivity index (χ2v) is 4.45. The van der Waals surface area contributed by atoms with E-state index in [1.54, 1.807) is 0 Å². The van der Waals surface area contributed by atoms with Gasteiger partial charge in [-0.1, -0.05) is 6.92 Å². The Hall–Kier alpha value is -0.200. The van der Waals surface area contributed by atoms with Gasteiger partial charge in [-0.3, -0.25) is 16.2 Å². The summed E-state index contributed by atoms with van der Waals surface area (Å²) in [5.74, 6) is 5.31. The second-order valence-electron chi connectivity index (χ2n) is 4.45. The van der Waals surface area contributed by atoms with E-state index in [0.29, 0.717) is 0 Å². The molecule has 1 aliphatic rings. The zero-order chi connectivity index (χ0) is 11.8. The van der Waals surface area contributed by atoms with Crippen molar-refractivity contribution in [2.24, 2.45) is 5.84 Å². The first kappa shape index (κ1) is 13.9. The minimum absolute atomic E-state index is 0.252. The van der Waals surface area contributed by atoms with Gasteiger partial charge in [0.2, 0.25) is 0 Å². The highest BCUT2D eigenvalue weighted by Gasteiger charge is 2.19. The molecule has 5 nitrogen and oxygen atoms in total.